The van der Waals surface area contributed by atoms with E-state index in [1.54, 1.807) is 0 Å². The minimum Gasteiger partial charge on any atom is -0.454 e. The van der Waals surface area contributed by atoms with Crippen LogP contribution in [-0.2, 0) is 16.8 Å². The lowest BCUT2D eigenvalue weighted by Crippen LogP contribution is -2.48. The molecule has 4 aliphatic carbocycles. The average molecular weight is 512 g/mol. The molecular formula is C31H29NO4S. The molecule has 3 aromatic rings. The van der Waals surface area contributed by atoms with Crippen molar-refractivity contribution in [1.82, 2.24) is 4.90 Å². The van der Waals surface area contributed by atoms with Gasteiger partial charge in [0.2, 0.25) is 12.7 Å². The Hall–Kier alpha value is -2.99. The lowest BCUT2D eigenvalue weighted by molar-refractivity contribution is -0.125. The quantitative estimate of drug-likeness (QED) is 0.381. The molecule has 9 rings (SSSR count). The minimum atomic E-state index is -0.155. The summed E-state index contributed by atoms with van der Waals surface area (Å²) in [5, 5.41) is 2.09. The van der Waals surface area contributed by atoms with Gasteiger partial charge in [0.15, 0.2) is 11.5 Å². The molecule has 6 heteroatoms. The Kier molecular flexibility index (Phi) is 4.77. The number of carbonyl (C=O) groups excluding carboxylic acids is 2. The molecule has 4 bridgehead atoms. The smallest absolute Gasteiger partial charge is 0.289 e. The summed E-state index contributed by atoms with van der Waals surface area (Å²) in [6.45, 7) is 0.637. The van der Waals surface area contributed by atoms with Gasteiger partial charge in [-0.1, -0.05) is 36.0 Å². The summed E-state index contributed by atoms with van der Waals surface area (Å²) in [6.07, 6.45) is 8.13. The van der Waals surface area contributed by atoms with Crippen LogP contribution in [0.15, 0.2) is 48.5 Å². The van der Waals surface area contributed by atoms with Gasteiger partial charge >= 0.3 is 0 Å². The third-order valence-corrected chi connectivity index (χ3v) is 10.4. The van der Waals surface area contributed by atoms with Gasteiger partial charge in [-0.25, -0.2) is 0 Å². The van der Waals surface area contributed by atoms with Crippen LogP contribution in [0, 0.1) is 17.8 Å². The molecule has 188 valence electrons. The highest BCUT2D eigenvalue weighted by atomic mass is 32.2. The molecule has 37 heavy (non-hydrogen) atoms. The van der Waals surface area contributed by atoms with Crippen molar-refractivity contribution in [3.05, 3.63) is 59.7 Å². The molecule has 0 spiro atoms. The van der Waals surface area contributed by atoms with Crippen molar-refractivity contribution < 1.29 is 19.1 Å². The molecule has 6 aliphatic rings. The van der Waals surface area contributed by atoms with Gasteiger partial charge in [-0.15, -0.1) is 0 Å². The van der Waals surface area contributed by atoms with Crippen LogP contribution < -0.4 is 9.47 Å². The van der Waals surface area contributed by atoms with E-state index in [0.29, 0.717) is 13.3 Å². The normalized spacial score (nSPS) is 29.6. The summed E-state index contributed by atoms with van der Waals surface area (Å²) >= 11 is 1.08. The first-order valence-electron chi connectivity index (χ1n) is 13.5. The fraction of sp³-hybridized carbons (Fsp3) is 0.419. The third kappa shape index (κ3) is 3.52. The van der Waals surface area contributed by atoms with Crippen molar-refractivity contribution in [3.8, 4) is 22.6 Å². The van der Waals surface area contributed by atoms with Crippen molar-refractivity contribution in [1.29, 1.82) is 0 Å². The van der Waals surface area contributed by atoms with Crippen LogP contribution in [0.1, 0.15) is 49.7 Å². The summed E-state index contributed by atoms with van der Waals surface area (Å²) in [5.41, 5.74) is 4.94. The SMILES string of the molecule is O=C1CSC(=O)N1Cc1ccc2cc(-c3cc4c(c(C56CC7CC(CC(C7)C5)C6)c3)OCO4)ccc2c1. The number of amides is 2. The zero-order chi connectivity index (χ0) is 24.7. The Morgan fingerprint density at radius 1 is 0.838 bits per heavy atom. The van der Waals surface area contributed by atoms with E-state index in [9.17, 15) is 9.59 Å². The lowest BCUT2D eigenvalue weighted by atomic mass is 9.48. The van der Waals surface area contributed by atoms with Gasteiger partial charge in [0.1, 0.15) is 0 Å². The van der Waals surface area contributed by atoms with E-state index < -0.39 is 0 Å². The maximum absolute atomic E-state index is 12.0. The van der Waals surface area contributed by atoms with E-state index in [0.717, 1.165) is 57.4 Å². The predicted molar refractivity (Wildman–Crippen MR) is 144 cm³/mol. The fourth-order valence-electron chi connectivity index (χ4n) is 8.30. The predicted octanol–water partition coefficient (Wildman–Crippen LogP) is 6.90. The molecule has 2 aliphatic heterocycles. The van der Waals surface area contributed by atoms with Crippen LogP contribution in [0.4, 0.5) is 4.79 Å². The number of carbonyl (C=O) groups is 2. The number of thioether (sulfide) groups is 1. The van der Waals surface area contributed by atoms with Gasteiger partial charge in [0.05, 0.1) is 12.3 Å². The molecule has 1 saturated heterocycles. The van der Waals surface area contributed by atoms with E-state index >= 15 is 0 Å². The number of rotatable bonds is 4. The summed E-state index contributed by atoms with van der Waals surface area (Å²) in [7, 11) is 0. The molecule has 5 nitrogen and oxygen atoms in total. The number of ether oxygens (including phenoxy) is 2. The highest BCUT2D eigenvalue weighted by Crippen LogP contribution is 2.63. The van der Waals surface area contributed by atoms with E-state index in [1.807, 2.05) is 6.07 Å². The molecule has 0 unspecified atom stereocenters. The Balaban J connectivity index is 1.16. The van der Waals surface area contributed by atoms with E-state index in [1.165, 1.54) is 60.1 Å². The van der Waals surface area contributed by atoms with Gasteiger partial charge in [-0.05, 0) is 113 Å². The first-order chi connectivity index (χ1) is 18.0. The second-order valence-corrected chi connectivity index (χ2v) is 12.8. The molecule has 0 N–H and O–H groups in total. The molecule has 0 atom stereocenters. The molecule has 0 radical (unpaired) electrons. The summed E-state index contributed by atoms with van der Waals surface area (Å²) in [6, 6.07) is 17.3. The number of fused-ring (bicyclic) bond motifs is 2. The molecule has 0 aromatic heterocycles. The van der Waals surface area contributed by atoms with Crippen LogP contribution in [-0.4, -0.2) is 28.6 Å². The average Bonchev–Trinajstić information content (AvgIpc) is 3.49. The van der Waals surface area contributed by atoms with E-state index in [4.69, 9.17) is 9.47 Å². The van der Waals surface area contributed by atoms with Crippen molar-refractivity contribution in [2.75, 3.05) is 12.5 Å². The molecule has 5 fully saturated rings. The largest absolute Gasteiger partial charge is 0.454 e. The Labute approximate surface area is 220 Å². The van der Waals surface area contributed by atoms with Gasteiger partial charge < -0.3 is 9.47 Å². The highest BCUT2D eigenvalue weighted by Gasteiger charge is 2.53. The summed E-state index contributed by atoms with van der Waals surface area (Å²) < 4.78 is 12.1. The van der Waals surface area contributed by atoms with Gasteiger partial charge in [0, 0.05) is 5.56 Å². The first-order valence-corrected chi connectivity index (χ1v) is 14.5. The first kappa shape index (κ1) is 22.0. The Bertz CT molecular complexity index is 1430. The number of hydrogen-bond donors (Lipinski definition) is 0. The monoisotopic (exact) mass is 511 g/mol. The van der Waals surface area contributed by atoms with E-state index in [-0.39, 0.29) is 22.3 Å². The number of nitrogens with zero attached hydrogens (tertiary/aromatic N) is 1. The van der Waals surface area contributed by atoms with Crippen molar-refractivity contribution in [2.24, 2.45) is 17.8 Å². The standard InChI is InChI=1S/C31H29NO4S/c33-28-16-37-30(34)32(28)15-18-1-2-23-9-24(4-3-22(23)8-18)25-10-26(29-27(11-25)35-17-36-29)31-12-19-5-20(13-31)7-21(6-19)14-31/h1-4,8-11,19-21H,5-7,12-17H2. The Morgan fingerprint density at radius 3 is 2.30 bits per heavy atom. The van der Waals surface area contributed by atoms with Crippen LogP contribution >= 0.6 is 11.8 Å². The molecule has 3 aromatic carbocycles. The number of benzene rings is 3. The van der Waals surface area contributed by atoms with Crippen LogP contribution in [0.3, 0.4) is 0 Å². The van der Waals surface area contributed by atoms with Gasteiger partial charge in [-0.2, -0.15) is 0 Å². The molecule has 2 heterocycles. The molecular weight excluding hydrogens is 482 g/mol. The fourth-order valence-corrected chi connectivity index (χ4v) is 9.03. The zero-order valence-electron chi connectivity index (χ0n) is 20.7. The van der Waals surface area contributed by atoms with Crippen molar-refractivity contribution in [3.63, 3.8) is 0 Å². The topological polar surface area (TPSA) is 55.8 Å². The summed E-state index contributed by atoms with van der Waals surface area (Å²) in [5.74, 6) is 4.61. The number of hydrogen-bond acceptors (Lipinski definition) is 5. The maximum atomic E-state index is 12.0. The van der Waals surface area contributed by atoms with Crippen LogP contribution in [0.5, 0.6) is 11.5 Å². The summed E-state index contributed by atoms with van der Waals surface area (Å²) in [4.78, 5) is 25.4. The van der Waals surface area contributed by atoms with Crippen LogP contribution in [0.2, 0.25) is 0 Å². The van der Waals surface area contributed by atoms with Crippen molar-refractivity contribution >= 4 is 33.7 Å². The molecule has 4 saturated carbocycles. The Morgan fingerprint density at radius 2 is 1.57 bits per heavy atom. The zero-order valence-corrected chi connectivity index (χ0v) is 21.5. The van der Waals surface area contributed by atoms with Crippen molar-refractivity contribution in [2.45, 2.75) is 50.5 Å². The van der Waals surface area contributed by atoms with Crippen LogP contribution in [0.25, 0.3) is 21.9 Å². The second kappa shape index (κ2) is 8.00. The highest BCUT2D eigenvalue weighted by molar-refractivity contribution is 8.14. The van der Waals surface area contributed by atoms with Gasteiger partial charge in [0.25, 0.3) is 5.24 Å². The minimum absolute atomic E-state index is 0.108. The van der Waals surface area contributed by atoms with Gasteiger partial charge in [-0.3, -0.25) is 14.5 Å². The lowest BCUT2D eigenvalue weighted by Gasteiger charge is -2.57. The number of imide groups is 1. The van der Waals surface area contributed by atoms with E-state index in [2.05, 4.69) is 42.5 Å². The maximum Gasteiger partial charge on any atom is 0.289 e. The molecule has 2 amide bonds. The third-order valence-electron chi connectivity index (χ3n) is 9.50. The second-order valence-electron chi connectivity index (χ2n) is 11.9.